The molecular weight excluding hydrogens is 339 g/mol. The van der Waals surface area contributed by atoms with Gasteiger partial charge in [0.05, 0.1) is 13.2 Å². The number of fused-ring (bicyclic) bond motifs is 3. The van der Waals surface area contributed by atoms with Gasteiger partial charge in [-0.05, 0) is 36.7 Å². The molecule has 1 aliphatic heterocycles. The molecule has 3 atom stereocenters. The molecule has 0 N–H and O–H groups in total. The second-order valence-electron chi connectivity index (χ2n) is 8.38. The number of rotatable bonds is 5. The third-order valence-electron chi connectivity index (χ3n) is 5.73. The lowest BCUT2D eigenvalue weighted by Crippen LogP contribution is -2.40. The van der Waals surface area contributed by atoms with Gasteiger partial charge in [0.1, 0.15) is 12.0 Å². The van der Waals surface area contributed by atoms with E-state index < -0.39 is 8.32 Å². The molecule has 0 bridgehead atoms. The Morgan fingerprint density at radius 1 is 1.32 bits per heavy atom. The van der Waals surface area contributed by atoms with Crippen molar-refractivity contribution in [2.75, 3.05) is 6.61 Å². The molecule has 1 fully saturated rings. The van der Waals surface area contributed by atoms with Crippen LogP contribution in [0.5, 0.6) is 5.75 Å². The number of ether oxygens (including phenoxy) is 2. The van der Waals surface area contributed by atoms with Gasteiger partial charge in [0.15, 0.2) is 19.9 Å². The van der Waals surface area contributed by atoms with E-state index >= 15 is 0 Å². The molecule has 1 saturated carbocycles. The van der Waals surface area contributed by atoms with Crippen molar-refractivity contribution >= 4 is 14.3 Å². The maximum absolute atomic E-state index is 14.1. The van der Waals surface area contributed by atoms with Gasteiger partial charge in [0, 0.05) is 11.5 Å². The van der Waals surface area contributed by atoms with Gasteiger partial charge in [-0.1, -0.05) is 26.8 Å². The fourth-order valence-electron chi connectivity index (χ4n) is 3.13. The van der Waals surface area contributed by atoms with Crippen molar-refractivity contribution < 1.29 is 23.1 Å². The Kier molecular flexibility index (Phi) is 4.48. The van der Waals surface area contributed by atoms with Gasteiger partial charge in [-0.15, -0.1) is 0 Å². The summed E-state index contributed by atoms with van der Waals surface area (Å²) in [7, 11) is -1.92. The van der Waals surface area contributed by atoms with Crippen LogP contribution in [0.4, 0.5) is 4.39 Å². The molecule has 25 heavy (non-hydrogen) atoms. The minimum atomic E-state index is -1.92. The van der Waals surface area contributed by atoms with Crippen molar-refractivity contribution in [2.24, 2.45) is 5.92 Å². The zero-order chi connectivity index (χ0) is 18.6. The Hall–Kier alpha value is -1.40. The lowest BCUT2D eigenvalue weighted by molar-refractivity contribution is -0.145. The van der Waals surface area contributed by atoms with Gasteiger partial charge in [-0.3, -0.25) is 4.79 Å². The van der Waals surface area contributed by atoms with Gasteiger partial charge in [0.25, 0.3) is 0 Å². The van der Waals surface area contributed by atoms with E-state index in [9.17, 15) is 9.18 Å². The second-order valence-corrected chi connectivity index (χ2v) is 13.2. The normalized spacial score (nSPS) is 24.4. The Bertz CT molecular complexity index is 695. The standard InChI is InChI=1S/C19H27FO4Si/c1-7-22-18(21)15-14-13-11(10-23-25(5,6)19(2,3)4)8-9-12(20)16(13)24-17(14)15/h8-9,14-15,17H,7,10H2,1-6H3. The zero-order valence-electron chi connectivity index (χ0n) is 15.8. The zero-order valence-corrected chi connectivity index (χ0v) is 16.8. The lowest BCUT2D eigenvalue weighted by atomic mass is 10.0. The molecular formula is C19H27FO4Si. The largest absolute Gasteiger partial charge is 0.485 e. The molecule has 1 aromatic carbocycles. The Morgan fingerprint density at radius 2 is 2.00 bits per heavy atom. The third-order valence-corrected chi connectivity index (χ3v) is 10.2. The first kappa shape index (κ1) is 18.4. The van der Waals surface area contributed by atoms with Crippen molar-refractivity contribution in [2.45, 2.75) is 64.5 Å². The third kappa shape index (κ3) is 3.10. The number of esters is 1. The van der Waals surface area contributed by atoms with E-state index in [1.165, 1.54) is 6.07 Å². The second kappa shape index (κ2) is 6.09. The van der Waals surface area contributed by atoms with Gasteiger partial charge in [-0.25, -0.2) is 4.39 Å². The van der Waals surface area contributed by atoms with Crippen molar-refractivity contribution in [1.82, 2.24) is 0 Å². The van der Waals surface area contributed by atoms with E-state index in [4.69, 9.17) is 13.9 Å². The topological polar surface area (TPSA) is 44.8 Å². The molecule has 0 amide bonds. The summed E-state index contributed by atoms with van der Waals surface area (Å²) in [5.41, 5.74) is 1.71. The van der Waals surface area contributed by atoms with E-state index in [2.05, 4.69) is 33.9 Å². The van der Waals surface area contributed by atoms with Crippen LogP contribution in [0.25, 0.3) is 0 Å². The molecule has 0 saturated heterocycles. The van der Waals surface area contributed by atoms with Crippen LogP contribution in [0.2, 0.25) is 18.1 Å². The summed E-state index contributed by atoms with van der Waals surface area (Å²) in [6.45, 7) is 13.5. The maximum Gasteiger partial charge on any atom is 0.313 e. The number of carbonyl (C=O) groups is 1. The molecule has 1 aliphatic carbocycles. The number of hydrogen-bond donors (Lipinski definition) is 0. The molecule has 2 aliphatic rings. The Labute approximate surface area is 149 Å². The predicted octanol–water partition coefficient (Wildman–Crippen LogP) is 4.39. The molecule has 6 heteroatoms. The molecule has 0 radical (unpaired) electrons. The summed E-state index contributed by atoms with van der Waals surface area (Å²) in [6, 6.07) is 3.18. The number of benzene rings is 1. The quantitative estimate of drug-likeness (QED) is 0.573. The SMILES string of the molecule is CCOC(=O)C1C2Oc3c(F)ccc(CO[Si](C)(C)C(C)(C)C)c3C21. The van der Waals surface area contributed by atoms with Crippen LogP contribution in [0.1, 0.15) is 44.7 Å². The van der Waals surface area contributed by atoms with E-state index in [1.54, 1.807) is 13.0 Å². The van der Waals surface area contributed by atoms with Gasteiger partial charge >= 0.3 is 5.97 Å². The van der Waals surface area contributed by atoms with Crippen LogP contribution in [-0.2, 0) is 20.6 Å². The Balaban J connectivity index is 1.83. The molecule has 3 unspecified atom stereocenters. The highest BCUT2D eigenvalue weighted by atomic mass is 28.4. The van der Waals surface area contributed by atoms with Crippen molar-refractivity contribution in [3.05, 3.63) is 29.1 Å². The summed E-state index contributed by atoms with van der Waals surface area (Å²) in [5.74, 6) is -0.778. The highest BCUT2D eigenvalue weighted by molar-refractivity contribution is 6.74. The summed E-state index contributed by atoms with van der Waals surface area (Å²) >= 11 is 0. The van der Waals surface area contributed by atoms with Crippen molar-refractivity contribution in [3.63, 3.8) is 0 Å². The summed E-state index contributed by atoms with van der Waals surface area (Å²) in [6.07, 6.45) is -0.294. The van der Waals surface area contributed by atoms with Crippen molar-refractivity contribution in [1.29, 1.82) is 0 Å². The highest BCUT2D eigenvalue weighted by Gasteiger charge is 2.64. The number of carbonyl (C=O) groups excluding carboxylic acids is 1. The van der Waals surface area contributed by atoms with Crippen LogP contribution in [0.3, 0.4) is 0 Å². The van der Waals surface area contributed by atoms with Crippen LogP contribution in [-0.4, -0.2) is 27.0 Å². The maximum atomic E-state index is 14.1. The fraction of sp³-hybridized carbons (Fsp3) is 0.632. The average molecular weight is 367 g/mol. The van der Waals surface area contributed by atoms with Gasteiger partial charge in [-0.2, -0.15) is 0 Å². The molecule has 1 aromatic rings. The highest BCUT2D eigenvalue weighted by Crippen LogP contribution is 2.60. The van der Waals surface area contributed by atoms with Crippen molar-refractivity contribution in [3.8, 4) is 5.75 Å². The first-order valence-corrected chi connectivity index (χ1v) is 11.8. The van der Waals surface area contributed by atoms with Gasteiger partial charge < -0.3 is 13.9 Å². The van der Waals surface area contributed by atoms with E-state index in [0.717, 1.165) is 11.1 Å². The van der Waals surface area contributed by atoms with Crippen LogP contribution in [0.15, 0.2) is 12.1 Å². The summed E-state index contributed by atoms with van der Waals surface area (Å²) in [4.78, 5) is 12.1. The predicted molar refractivity (Wildman–Crippen MR) is 95.7 cm³/mol. The van der Waals surface area contributed by atoms with E-state index in [-0.39, 0.29) is 40.5 Å². The fourth-order valence-corrected chi connectivity index (χ4v) is 4.08. The molecule has 0 spiro atoms. The monoisotopic (exact) mass is 366 g/mol. The molecule has 4 nitrogen and oxygen atoms in total. The minimum absolute atomic E-state index is 0.0995. The average Bonchev–Trinajstić information content (AvgIpc) is 3.08. The molecule has 138 valence electrons. The number of halogens is 1. The Morgan fingerprint density at radius 3 is 2.60 bits per heavy atom. The molecule has 3 rings (SSSR count). The summed E-state index contributed by atoms with van der Waals surface area (Å²) in [5, 5.41) is 0.0995. The number of hydrogen-bond acceptors (Lipinski definition) is 4. The van der Waals surface area contributed by atoms with E-state index in [0.29, 0.717) is 13.2 Å². The van der Waals surface area contributed by atoms with Gasteiger partial charge in [0.2, 0.25) is 0 Å². The molecule has 1 heterocycles. The smallest absolute Gasteiger partial charge is 0.313 e. The lowest BCUT2D eigenvalue weighted by Gasteiger charge is -2.36. The first-order chi connectivity index (χ1) is 11.6. The van der Waals surface area contributed by atoms with Crippen LogP contribution >= 0.6 is 0 Å². The van der Waals surface area contributed by atoms with E-state index in [1.807, 2.05) is 0 Å². The minimum Gasteiger partial charge on any atom is -0.485 e. The first-order valence-electron chi connectivity index (χ1n) is 8.87. The molecule has 0 aromatic heterocycles. The summed E-state index contributed by atoms with van der Waals surface area (Å²) < 4.78 is 31.3. The van der Waals surface area contributed by atoms with Crippen LogP contribution in [0, 0.1) is 11.7 Å². The van der Waals surface area contributed by atoms with Crippen LogP contribution < -0.4 is 4.74 Å².